The molecule has 0 amide bonds. The number of carbonyl (C=O) groups is 1. The Morgan fingerprint density at radius 1 is 1.21 bits per heavy atom. The topological polar surface area (TPSA) is 93.1 Å². The number of rotatable bonds is 8. The van der Waals surface area contributed by atoms with Crippen LogP contribution in [-0.2, 0) is 24.0 Å². The largest absolute Gasteiger partial charge is 0.465 e. The Bertz CT molecular complexity index is 910. The summed E-state index contributed by atoms with van der Waals surface area (Å²) in [7, 11) is -6.20. The summed E-state index contributed by atoms with van der Waals surface area (Å²) in [5.74, 6) is -0.986. The van der Waals surface area contributed by atoms with E-state index in [1.54, 1.807) is 31.2 Å². The summed E-state index contributed by atoms with van der Waals surface area (Å²) in [6.07, 6.45) is 0.307. The third-order valence-corrected chi connectivity index (χ3v) is 13.5. The molecule has 2 rings (SSSR count). The highest BCUT2D eigenvalue weighted by atomic mass is 32.2. The van der Waals surface area contributed by atoms with Crippen LogP contribution < -0.4 is 0 Å². The van der Waals surface area contributed by atoms with E-state index in [1.165, 1.54) is 4.31 Å². The van der Waals surface area contributed by atoms with Gasteiger partial charge in [-0.15, -0.1) is 0 Å². The first-order chi connectivity index (χ1) is 15.2. The van der Waals surface area contributed by atoms with Crippen molar-refractivity contribution >= 4 is 24.3 Å². The molecule has 7 nitrogen and oxygen atoms in total. The summed E-state index contributed by atoms with van der Waals surface area (Å²) in [5, 5.41) is 9.74. The van der Waals surface area contributed by atoms with Gasteiger partial charge in [-0.3, -0.25) is 4.79 Å². The van der Waals surface area contributed by atoms with Gasteiger partial charge in [-0.1, -0.05) is 45.4 Å². The van der Waals surface area contributed by atoms with Gasteiger partial charge >= 0.3 is 5.97 Å². The van der Waals surface area contributed by atoms with E-state index in [9.17, 15) is 18.3 Å². The molecule has 0 saturated carbocycles. The number of nitrogens with zero attached hydrogens (tertiary/aromatic N) is 1. The number of hydrogen-bond donors (Lipinski definition) is 1. The molecule has 9 heteroatoms. The van der Waals surface area contributed by atoms with Crippen molar-refractivity contribution in [2.75, 3.05) is 13.2 Å². The van der Waals surface area contributed by atoms with E-state index >= 15 is 0 Å². The summed E-state index contributed by atoms with van der Waals surface area (Å²) in [6.45, 7) is 16.2. The van der Waals surface area contributed by atoms with Gasteiger partial charge in [-0.2, -0.15) is 4.31 Å². The zero-order valence-corrected chi connectivity index (χ0v) is 23.1. The number of aliphatic hydroxyl groups is 1. The lowest BCUT2D eigenvalue weighted by Gasteiger charge is -2.49. The number of carbonyl (C=O) groups excluding carboxylic acids is 1. The summed E-state index contributed by atoms with van der Waals surface area (Å²) >= 11 is 0. The Labute approximate surface area is 200 Å². The van der Waals surface area contributed by atoms with Gasteiger partial charge in [0.15, 0.2) is 8.32 Å². The van der Waals surface area contributed by atoms with E-state index in [-0.39, 0.29) is 35.7 Å². The van der Waals surface area contributed by atoms with Crippen molar-refractivity contribution < 1.29 is 27.5 Å². The molecule has 188 valence electrons. The Hall–Kier alpha value is -1.26. The number of aliphatic hydroxyl groups excluding tert-OH is 1. The van der Waals surface area contributed by atoms with E-state index in [4.69, 9.17) is 9.16 Å². The number of benzene rings is 1. The van der Waals surface area contributed by atoms with E-state index < -0.39 is 42.3 Å². The maximum Gasteiger partial charge on any atom is 0.324 e. The lowest BCUT2D eigenvalue weighted by molar-refractivity contribution is -0.155. The average Bonchev–Trinajstić information content (AvgIpc) is 2.69. The standard InChI is InChI=1S/C24H41NO6SSi/c1-9-30-23(27)22-18(3)21(31-33(7,8)24(4,5)6)16-19(14-15-26)25(22)32(28,29)20-12-10-17(2)11-13-20/h10-13,18-19,21-22,26H,9,14-16H2,1-8H3/t18-,19-,21-,22-/m0/s1. The quantitative estimate of drug-likeness (QED) is 0.428. The monoisotopic (exact) mass is 499 g/mol. The summed E-state index contributed by atoms with van der Waals surface area (Å²) < 4.78 is 40.9. The molecule has 0 aliphatic carbocycles. The average molecular weight is 500 g/mol. The molecule has 33 heavy (non-hydrogen) atoms. The van der Waals surface area contributed by atoms with E-state index in [1.807, 2.05) is 13.8 Å². The molecule has 0 radical (unpaired) electrons. The first-order valence-electron chi connectivity index (χ1n) is 11.7. The van der Waals surface area contributed by atoms with Gasteiger partial charge in [0.1, 0.15) is 6.04 Å². The second kappa shape index (κ2) is 10.6. The highest BCUT2D eigenvalue weighted by molar-refractivity contribution is 7.89. The van der Waals surface area contributed by atoms with Crippen LogP contribution in [0.5, 0.6) is 0 Å². The molecule has 1 aliphatic rings. The molecule has 1 heterocycles. The fourth-order valence-corrected chi connectivity index (χ4v) is 7.38. The number of piperidine rings is 1. The Balaban J connectivity index is 2.57. The second-order valence-electron chi connectivity index (χ2n) is 10.5. The minimum absolute atomic E-state index is 0.0380. The number of ether oxygens (including phenoxy) is 1. The predicted molar refractivity (Wildman–Crippen MR) is 132 cm³/mol. The maximum atomic E-state index is 13.8. The van der Waals surface area contributed by atoms with E-state index in [2.05, 4.69) is 33.9 Å². The third kappa shape index (κ3) is 6.06. The minimum atomic E-state index is -4.01. The van der Waals surface area contributed by atoms with Crippen LogP contribution in [0, 0.1) is 12.8 Å². The van der Waals surface area contributed by atoms with Crippen molar-refractivity contribution in [3.8, 4) is 0 Å². The zero-order valence-electron chi connectivity index (χ0n) is 21.3. The van der Waals surface area contributed by atoms with Gasteiger partial charge in [0.2, 0.25) is 10.0 Å². The van der Waals surface area contributed by atoms with Crippen molar-refractivity contribution in [2.45, 2.75) is 95.6 Å². The molecule has 1 fully saturated rings. The fraction of sp³-hybridized carbons (Fsp3) is 0.708. The van der Waals surface area contributed by atoms with Crippen LogP contribution in [0.3, 0.4) is 0 Å². The SMILES string of the molecule is CCOC(=O)[C@@H]1[C@@H](C)[C@@H](O[Si](C)(C)C(C)(C)C)C[C@H](CCO)N1S(=O)(=O)c1ccc(C)cc1. The van der Waals surface area contributed by atoms with Crippen LogP contribution >= 0.6 is 0 Å². The molecular formula is C24H41NO6SSi. The molecule has 1 saturated heterocycles. The highest BCUT2D eigenvalue weighted by Crippen LogP contribution is 2.42. The van der Waals surface area contributed by atoms with Crippen LogP contribution in [0.1, 0.15) is 53.0 Å². The van der Waals surface area contributed by atoms with E-state index in [0.29, 0.717) is 6.42 Å². The molecule has 0 spiro atoms. The van der Waals surface area contributed by atoms with Crippen LogP contribution in [0.15, 0.2) is 29.2 Å². The Morgan fingerprint density at radius 2 is 1.79 bits per heavy atom. The summed E-state index contributed by atoms with van der Waals surface area (Å²) in [6, 6.07) is 4.99. The van der Waals surface area contributed by atoms with Gasteiger partial charge in [0.05, 0.1) is 17.6 Å². The van der Waals surface area contributed by atoms with Crippen LogP contribution in [0.4, 0.5) is 0 Å². The molecule has 0 unspecified atom stereocenters. The van der Waals surface area contributed by atoms with E-state index in [0.717, 1.165) is 5.56 Å². The molecular weight excluding hydrogens is 458 g/mol. The summed E-state index contributed by atoms with van der Waals surface area (Å²) in [4.78, 5) is 13.3. The lowest BCUT2D eigenvalue weighted by atomic mass is 9.85. The fourth-order valence-electron chi connectivity index (χ4n) is 4.08. The van der Waals surface area contributed by atoms with Gasteiger partial charge in [0, 0.05) is 18.6 Å². The second-order valence-corrected chi connectivity index (χ2v) is 17.1. The molecule has 1 aromatic carbocycles. The number of sulfonamides is 1. The predicted octanol–water partition coefficient (Wildman–Crippen LogP) is 4.10. The Morgan fingerprint density at radius 3 is 2.27 bits per heavy atom. The molecule has 0 bridgehead atoms. The van der Waals surface area contributed by atoms with Gasteiger partial charge in [-0.05, 0) is 57.0 Å². The number of esters is 1. The maximum absolute atomic E-state index is 13.8. The lowest BCUT2D eigenvalue weighted by Crippen LogP contribution is -2.63. The molecule has 0 aromatic heterocycles. The van der Waals surface area contributed by atoms with Crippen LogP contribution in [-0.4, -0.2) is 63.5 Å². The first-order valence-corrected chi connectivity index (χ1v) is 16.1. The summed E-state index contributed by atoms with van der Waals surface area (Å²) in [5.41, 5.74) is 0.942. The van der Waals surface area contributed by atoms with Gasteiger partial charge in [-0.25, -0.2) is 8.42 Å². The highest BCUT2D eigenvalue weighted by Gasteiger charge is 2.52. The number of aryl methyl sites for hydroxylation is 1. The van der Waals surface area contributed by atoms with Crippen LogP contribution in [0.25, 0.3) is 0 Å². The third-order valence-electron chi connectivity index (χ3n) is 7.06. The van der Waals surface area contributed by atoms with Gasteiger partial charge < -0.3 is 14.3 Å². The van der Waals surface area contributed by atoms with Crippen molar-refractivity contribution in [3.05, 3.63) is 29.8 Å². The van der Waals surface area contributed by atoms with Crippen LogP contribution in [0.2, 0.25) is 18.1 Å². The number of hydrogen-bond acceptors (Lipinski definition) is 6. The normalized spacial score (nSPS) is 25.1. The molecule has 4 atom stereocenters. The zero-order chi connectivity index (χ0) is 25.2. The molecule has 1 aliphatic heterocycles. The Kier molecular flexibility index (Phi) is 8.95. The smallest absolute Gasteiger partial charge is 0.324 e. The van der Waals surface area contributed by atoms with Crippen molar-refractivity contribution in [3.63, 3.8) is 0 Å². The first kappa shape index (κ1) is 28.0. The molecule has 1 aromatic rings. The van der Waals surface area contributed by atoms with Crippen molar-refractivity contribution in [1.29, 1.82) is 0 Å². The minimum Gasteiger partial charge on any atom is -0.465 e. The van der Waals surface area contributed by atoms with Gasteiger partial charge in [0.25, 0.3) is 0 Å². The molecule has 1 N–H and O–H groups in total. The van der Waals surface area contributed by atoms with Crippen molar-refractivity contribution in [2.24, 2.45) is 5.92 Å². The van der Waals surface area contributed by atoms with Crippen molar-refractivity contribution in [1.82, 2.24) is 4.31 Å².